The molecule has 0 radical (unpaired) electrons. The van der Waals surface area contributed by atoms with E-state index in [1.165, 1.54) is 28.1 Å². The normalized spacial score (nSPS) is 13.4. The summed E-state index contributed by atoms with van der Waals surface area (Å²) in [5.41, 5.74) is 6.07. The zero-order chi connectivity index (χ0) is 53.5. The Kier molecular flexibility index (Phi) is 16.9. The summed E-state index contributed by atoms with van der Waals surface area (Å²) in [5.74, 6) is 0.223. The minimum Gasteiger partial charge on any atom is -0.495 e. The first kappa shape index (κ1) is 54.2. The van der Waals surface area contributed by atoms with Crippen LogP contribution >= 0.6 is 0 Å². The first-order chi connectivity index (χ1) is 35.3. The smallest absolute Gasteiger partial charge is 0.170 e. The minimum absolute atomic E-state index is 0.0635. The number of hydrogen-bond acceptors (Lipinski definition) is 18. The number of sulfone groups is 2. The number of benzene rings is 2. The highest BCUT2D eigenvalue weighted by molar-refractivity contribution is 7.91. The summed E-state index contributed by atoms with van der Waals surface area (Å²) < 4.78 is 107. The van der Waals surface area contributed by atoms with Gasteiger partial charge in [-0.1, -0.05) is 24.3 Å². The molecule has 74 heavy (non-hydrogen) atoms. The van der Waals surface area contributed by atoms with Crippen molar-refractivity contribution in [3.63, 3.8) is 0 Å². The number of aryl methyl sites for hydroxylation is 4. The van der Waals surface area contributed by atoms with E-state index in [0.29, 0.717) is 45.6 Å². The van der Waals surface area contributed by atoms with E-state index in [1.807, 2.05) is 64.1 Å². The minimum atomic E-state index is -3.90. The molecule has 8 rings (SSSR count). The van der Waals surface area contributed by atoms with Gasteiger partial charge in [-0.05, 0) is 88.1 Å². The number of hydrogen-bond donors (Lipinski definition) is 0. The summed E-state index contributed by atoms with van der Waals surface area (Å²) >= 11 is 0. The van der Waals surface area contributed by atoms with E-state index in [2.05, 4.69) is 50.3 Å². The number of pyridine rings is 2. The van der Waals surface area contributed by atoms with Gasteiger partial charge in [0.1, 0.15) is 35.2 Å². The lowest BCUT2D eigenvalue weighted by atomic mass is 10.1. The number of nitrogens with zero attached hydrogens (tertiary/aromatic N) is 12. The molecule has 2 aromatic carbocycles. The predicted molar refractivity (Wildman–Crippen MR) is 269 cm³/mol. The lowest BCUT2D eigenvalue weighted by Crippen LogP contribution is -2.30. The second-order valence-electron chi connectivity index (χ2n) is 17.2. The summed E-state index contributed by atoms with van der Waals surface area (Å²) in [5, 5.41) is 15.1. The van der Waals surface area contributed by atoms with Gasteiger partial charge in [-0.3, -0.25) is 19.1 Å². The van der Waals surface area contributed by atoms with Crippen LogP contribution in [0, 0.1) is 39.3 Å². The number of ether oxygens (including phenoxy) is 4. The van der Waals surface area contributed by atoms with Crippen LogP contribution in [-0.4, -0.2) is 115 Å². The fourth-order valence-electron chi connectivity index (χ4n) is 8.14. The maximum Gasteiger partial charge on any atom is 0.170 e. The Labute approximate surface area is 427 Å². The number of rotatable bonds is 18. The van der Waals surface area contributed by atoms with Gasteiger partial charge in [0.05, 0.1) is 60.9 Å². The molecule has 6 aromatic heterocycles. The van der Waals surface area contributed by atoms with Crippen LogP contribution in [0.15, 0.2) is 98.1 Å². The largest absolute Gasteiger partial charge is 0.495 e. The van der Waals surface area contributed by atoms with Gasteiger partial charge in [0.2, 0.25) is 0 Å². The first-order valence-electron chi connectivity index (χ1n) is 22.8. The summed E-state index contributed by atoms with van der Waals surface area (Å²) in [4.78, 5) is 24.2. The maximum absolute atomic E-state index is 13.6. The third kappa shape index (κ3) is 11.8. The zero-order valence-corrected chi connectivity index (χ0v) is 43.8. The van der Waals surface area contributed by atoms with Gasteiger partial charge in [-0.2, -0.15) is 0 Å². The molecule has 0 aliphatic heterocycles. The highest BCUT2D eigenvalue weighted by atomic mass is 32.2. The van der Waals surface area contributed by atoms with E-state index in [-0.39, 0.29) is 23.3 Å². The van der Waals surface area contributed by atoms with Crippen molar-refractivity contribution in [3.8, 4) is 45.6 Å². The topological polar surface area (TPSA) is 244 Å². The van der Waals surface area contributed by atoms with Gasteiger partial charge >= 0.3 is 0 Å². The summed E-state index contributed by atoms with van der Waals surface area (Å²) in [6.07, 6.45) is 8.56. The number of halogens is 2. The van der Waals surface area contributed by atoms with Crippen LogP contribution < -0.4 is 9.47 Å². The molecule has 388 valence electrons. The van der Waals surface area contributed by atoms with Crippen molar-refractivity contribution in [1.82, 2.24) is 59.4 Å². The summed E-state index contributed by atoms with van der Waals surface area (Å²) in [6.45, 7) is 10.6. The van der Waals surface area contributed by atoms with Gasteiger partial charge in [-0.25, -0.2) is 45.6 Å². The predicted octanol–water partition coefficient (Wildman–Crippen LogP) is 7.15. The van der Waals surface area contributed by atoms with Crippen molar-refractivity contribution < 1.29 is 44.6 Å². The van der Waals surface area contributed by atoms with Gasteiger partial charge in [-0.15, -0.1) is 20.4 Å². The van der Waals surface area contributed by atoms with E-state index < -0.39 is 65.5 Å². The van der Waals surface area contributed by atoms with Crippen molar-refractivity contribution in [2.45, 2.75) is 75.8 Å². The third-order valence-electron chi connectivity index (χ3n) is 12.0. The molecule has 6 heterocycles. The molecule has 0 aliphatic rings. The summed E-state index contributed by atoms with van der Waals surface area (Å²) in [6, 6.07) is 14.8. The van der Waals surface area contributed by atoms with Crippen molar-refractivity contribution in [1.29, 1.82) is 0 Å². The molecule has 0 spiro atoms. The summed E-state index contributed by atoms with van der Waals surface area (Å²) in [7, 11) is -2.01. The average molecular weight is 1050 g/mol. The van der Waals surface area contributed by atoms with Gasteiger partial charge in [0, 0.05) is 50.1 Å². The number of methoxy groups -OCH3 is 4. The molecule has 0 fully saturated rings. The van der Waals surface area contributed by atoms with E-state index in [0.717, 1.165) is 47.0 Å². The fraction of sp³-hybridized carbons (Fsp3) is 0.320. The van der Waals surface area contributed by atoms with Gasteiger partial charge in [0.15, 0.2) is 66.3 Å². The average Bonchev–Trinajstić information content (AvgIpc) is 3.98. The SMILES string of the molecule is COc1cccc(C)c1-n1c(CS(=O)(=O)[C@@H](C)[C@@H](OC)c2ncc(F)cn2)nnc1-c1cncc(C)c1.COc1cccc(C)c1-n1c(CS(=O)(=O)[C@H](C)[C@H](OC)c2ncc(F)cn2)nnc1-c1cncc(C)c1. The fourth-order valence-corrected chi connectivity index (χ4v) is 11.0. The van der Waals surface area contributed by atoms with E-state index in [9.17, 15) is 25.6 Å². The maximum atomic E-state index is 13.6. The van der Waals surface area contributed by atoms with E-state index in [4.69, 9.17) is 18.9 Å². The van der Waals surface area contributed by atoms with Gasteiger partial charge in [0.25, 0.3) is 0 Å². The van der Waals surface area contributed by atoms with Crippen molar-refractivity contribution >= 4 is 19.7 Å². The molecule has 0 unspecified atom stereocenters. The molecule has 0 aliphatic carbocycles. The molecular formula is C50H54F2N12O8S2. The Hall–Kier alpha value is -7.54. The van der Waals surface area contributed by atoms with Crippen molar-refractivity contribution in [2.24, 2.45) is 0 Å². The Morgan fingerprint density at radius 3 is 1.22 bits per heavy atom. The first-order valence-corrected chi connectivity index (χ1v) is 26.2. The van der Waals surface area contributed by atoms with E-state index in [1.54, 1.807) is 60.3 Å². The number of aromatic nitrogens is 12. The van der Waals surface area contributed by atoms with Crippen LogP contribution in [0.25, 0.3) is 34.2 Å². The van der Waals surface area contributed by atoms with Crippen LogP contribution in [0.3, 0.4) is 0 Å². The van der Waals surface area contributed by atoms with Crippen LogP contribution in [-0.2, 0) is 40.7 Å². The number of para-hydroxylation sites is 2. The Morgan fingerprint density at radius 1 is 0.527 bits per heavy atom. The standard InChI is InChI=1S/2C25H27FN6O4S/c2*1-15-9-18(11-27-10-15)25-31-30-21(32(25)22-16(2)7-6-8-20(22)35-4)14-37(33,34)17(3)23(36-5)24-28-12-19(26)13-29-24/h2*6-13,17,23H,14H2,1-5H3/t2*17-,23+/m10/s1. The van der Waals surface area contributed by atoms with Gasteiger partial charge < -0.3 is 18.9 Å². The molecule has 0 saturated carbocycles. The Balaban J connectivity index is 0.000000216. The van der Waals surface area contributed by atoms with Crippen molar-refractivity contribution in [2.75, 3.05) is 28.4 Å². The second kappa shape index (κ2) is 23.1. The molecular weight excluding hydrogens is 999 g/mol. The lowest BCUT2D eigenvalue weighted by molar-refractivity contribution is 0.0945. The monoisotopic (exact) mass is 1050 g/mol. The molecule has 0 saturated heterocycles. The molecule has 0 N–H and O–H groups in total. The Morgan fingerprint density at radius 2 is 0.892 bits per heavy atom. The molecule has 4 atom stereocenters. The highest BCUT2D eigenvalue weighted by Crippen LogP contribution is 2.36. The second-order valence-corrected chi connectivity index (χ2v) is 21.9. The van der Waals surface area contributed by atoms with Crippen molar-refractivity contribution in [3.05, 3.63) is 155 Å². The van der Waals surface area contributed by atoms with E-state index >= 15 is 0 Å². The molecule has 0 bridgehead atoms. The Bertz CT molecular complexity index is 3240. The van der Waals surface area contributed by atoms with Crippen LogP contribution in [0.5, 0.6) is 11.5 Å². The lowest BCUT2D eigenvalue weighted by Gasteiger charge is -2.22. The highest BCUT2D eigenvalue weighted by Gasteiger charge is 2.37. The zero-order valence-electron chi connectivity index (χ0n) is 42.2. The van der Waals surface area contributed by atoms with Crippen LogP contribution in [0.2, 0.25) is 0 Å². The molecule has 8 aromatic rings. The molecule has 20 nitrogen and oxygen atoms in total. The van der Waals surface area contributed by atoms with Crippen LogP contribution in [0.4, 0.5) is 8.78 Å². The van der Waals surface area contributed by atoms with Crippen LogP contribution in [0.1, 0.15) is 71.6 Å². The molecule has 0 amide bonds. The molecule has 24 heteroatoms. The third-order valence-corrected chi connectivity index (χ3v) is 16.0. The quantitative estimate of drug-likeness (QED) is 0.0828.